The van der Waals surface area contributed by atoms with Crippen molar-refractivity contribution in [3.05, 3.63) is 0 Å². The zero-order chi connectivity index (χ0) is 12.8. The van der Waals surface area contributed by atoms with Crippen LogP contribution in [0.15, 0.2) is 0 Å². The van der Waals surface area contributed by atoms with E-state index in [0.29, 0.717) is 24.4 Å². The van der Waals surface area contributed by atoms with Gasteiger partial charge in [0.15, 0.2) is 0 Å². The van der Waals surface area contributed by atoms with Gasteiger partial charge in [-0.05, 0) is 45.1 Å². The van der Waals surface area contributed by atoms with Crippen molar-refractivity contribution in [3.63, 3.8) is 0 Å². The molecule has 104 valence electrons. The molecule has 2 fully saturated rings. The Morgan fingerprint density at radius 3 is 2.50 bits per heavy atom. The summed E-state index contributed by atoms with van der Waals surface area (Å²) in [7, 11) is 0. The Kier molecular flexibility index (Phi) is 5.48. The van der Waals surface area contributed by atoms with Crippen molar-refractivity contribution in [1.29, 1.82) is 0 Å². The summed E-state index contributed by atoms with van der Waals surface area (Å²) in [4.78, 5) is 12.0. The first-order valence-electron chi connectivity index (χ1n) is 7.78. The van der Waals surface area contributed by atoms with E-state index >= 15 is 0 Å². The molecule has 0 spiro atoms. The van der Waals surface area contributed by atoms with Crippen LogP contribution in [0.4, 0.5) is 0 Å². The maximum absolute atomic E-state index is 12.0. The van der Waals surface area contributed by atoms with Crippen LogP contribution in [0.1, 0.15) is 64.7 Å². The molecule has 2 aliphatic rings. The molecule has 0 radical (unpaired) electrons. The first-order valence-corrected chi connectivity index (χ1v) is 7.78. The Balaban J connectivity index is 1.71. The second kappa shape index (κ2) is 7.13. The highest BCUT2D eigenvalue weighted by Gasteiger charge is 2.22. The zero-order valence-electron chi connectivity index (χ0n) is 11.7. The van der Waals surface area contributed by atoms with Crippen molar-refractivity contribution in [2.24, 2.45) is 5.92 Å². The van der Waals surface area contributed by atoms with Crippen LogP contribution in [0.25, 0.3) is 0 Å². The van der Waals surface area contributed by atoms with Gasteiger partial charge in [-0.2, -0.15) is 0 Å². The fraction of sp³-hybridized carbons (Fsp3) is 0.933. The molecule has 1 saturated carbocycles. The second-order valence-corrected chi connectivity index (χ2v) is 6.11. The molecule has 0 aromatic rings. The number of hydrogen-bond acceptors (Lipinski definition) is 2. The molecular formula is C15H28N2O. The van der Waals surface area contributed by atoms with Gasteiger partial charge in [0.1, 0.15) is 0 Å². The normalized spacial score (nSPS) is 27.7. The lowest BCUT2D eigenvalue weighted by molar-refractivity contribution is -0.122. The van der Waals surface area contributed by atoms with Crippen LogP contribution in [0, 0.1) is 5.92 Å². The van der Waals surface area contributed by atoms with Crippen molar-refractivity contribution >= 4 is 5.91 Å². The molecule has 0 aromatic carbocycles. The molecule has 1 unspecified atom stereocenters. The maximum atomic E-state index is 12.0. The van der Waals surface area contributed by atoms with Gasteiger partial charge in [0.2, 0.25) is 5.91 Å². The van der Waals surface area contributed by atoms with Crippen molar-refractivity contribution in [2.75, 3.05) is 6.54 Å². The Morgan fingerprint density at radius 2 is 1.89 bits per heavy atom. The van der Waals surface area contributed by atoms with E-state index in [-0.39, 0.29) is 5.91 Å². The molecule has 0 bridgehead atoms. The molecule has 1 heterocycles. The summed E-state index contributed by atoms with van der Waals surface area (Å²) in [6.45, 7) is 3.27. The molecule has 2 rings (SSSR count). The summed E-state index contributed by atoms with van der Waals surface area (Å²) in [5.41, 5.74) is 0. The minimum absolute atomic E-state index is 0.242. The molecule has 1 saturated heterocycles. The standard InChI is InChI=1S/C15H28N2O/c1-12(13-7-4-2-3-5-8-13)17-15(18)11-14-9-6-10-16-14/h12-14,16H,2-11H2,1H3,(H,17,18)/t12-,14?/m0/s1. The van der Waals surface area contributed by atoms with Crippen LogP contribution in [0.5, 0.6) is 0 Å². The fourth-order valence-corrected chi connectivity index (χ4v) is 3.40. The van der Waals surface area contributed by atoms with Gasteiger partial charge in [0.05, 0.1) is 0 Å². The van der Waals surface area contributed by atoms with E-state index in [1.807, 2.05) is 0 Å². The third kappa shape index (κ3) is 4.27. The van der Waals surface area contributed by atoms with E-state index in [0.717, 1.165) is 13.0 Å². The second-order valence-electron chi connectivity index (χ2n) is 6.11. The van der Waals surface area contributed by atoms with E-state index in [2.05, 4.69) is 17.6 Å². The summed E-state index contributed by atoms with van der Waals surface area (Å²) in [5, 5.41) is 6.61. The van der Waals surface area contributed by atoms with Crippen molar-refractivity contribution in [1.82, 2.24) is 10.6 Å². The SMILES string of the molecule is C[C@H](NC(=O)CC1CCCN1)C1CCCCCC1. The van der Waals surface area contributed by atoms with Gasteiger partial charge in [-0.3, -0.25) is 4.79 Å². The van der Waals surface area contributed by atoms with Crippen LogP contribution in [-0.2, 0) is 4.79 Å². The van der Waals surface area contributed by atoms with Gasteiger partial charge in [-0.1, -0.05) is 25.7 Å². The molecule has 3 heteroatoms. The largest absolute Gasteiger partial charge is 0.353 e. The quantitative estimate of drug-likeness (QED) is 0.755. The van der Waals surface area contributed by atoms with Gasteiger partial charge in [0, 0.05) is 18.5 Å². The summed E-state index contributed by atoms with van der Waals surface area (Å²) in [6, 6.07) is 0.781. The minimum Gasteiger partial charge on any atom is -0.353 e. The monoisotopic (exact) mass is 252 g/mol. The first kappa shape index (κ1) is 13.9. The van der Waals surface area contributed by atoms with E-state index in [1.54, 1.807) is 0 Å². The molecule has 2 atom stereocenters. The molecule has 2 N–H and O–H groups in total. The minimum atomic E-state index is 0.242. The van der Waals surface area contributed by atoms with Gasteiger partial charge in [-0.25, -0.2) is 0 Å². The van der Waals surface area contributed by atoms with E-state index in [1.165, 1.54) is 44.9 Å². The third-order valence-electron chi connectivity index (χ3n) is 4.59. The zero-order valence-corrected chi connectivity index (χ0v) is 11.7. The van der Waals surface area contributed by atoms with Gasteiger partial charge >= 0.3 is 0 Å². The number of carbonyl (C=O) groups excluding carboxylic acids is 1. The number of amides is 1. The molecule has 1 aliphatic heterocycles. The van der Waals surface area contributed by atoms with Gasteiger partial charge in [0.25, 0.3) is 0 Å². The average Bonchev–Trinajstić information content (AvgIpc) is 2.68. The smallest absolute Gasteiger partial charge is 0.221 e. The van der Waals surface area contributed by atoms with Crippen LogP contribution < -0.4 is 10.6 Å². The first-order chi connectivity index (χ1) is 8.75. The van der Waals surface area contributed by atoms with Crippen molar-refractivity contribution in [2.45, 2.75) is 76.8 Å². The predicted octanol–water partition coefficient (Wildman–Crippen LogP) is 2.60. The third-order valence-corrected chi connectivity index (χ3v) is 4.59. The molecule has 3 nitrogen and oxygen atoms in total. The molecule has 18 heavy (non-hydrogen) atoms. The van der Waals surface area contributed by atoms with Crippen molar-refractivity contribution < 1.29 is 4.79 Å². The number of nitrogens with one attached hydrogen (secondary N) is 2. The van der Waals surface area contributed by atoms with Crippen molar-refractivity contribution in [3.8, 4) is 0 Å². The van der Waals surface area contributed by atoms with E-state index in [4.69, 9.17) is 0 Å². The fourth-order valence-electron chi connectivity index (χ4n) is 3.40. The highest BCUT2D eigenvalue weighted by Crippen LogP contribution is 2.25. The summed E-state index contributed by atoms with van der Waals surface area (Å²) in [6.07, 6.45) is 11.1. The number of carbonyl (C=O) groups is 1. The van der Waals surface area contributed by atoms with E-state index in [9.17, 15) is 4.79 Å². The summed E-state index contributed by atoms with van der Waals surface area (Å²) >= 11 is 0. The maximum Gasteiger partial charge on any atom is 0.221 e. The molecule has 0 aromatic heterocycles. The topological polar surface area (TPSA) is 41.1 Å². The Hall–Kier alpha value is -0.570. The van der Waals surface area contributed by atoms with Gasteiger partial charge in [-0.15, -0.1) is 0 Å². The highest BCUT2D eigenvalue weighted by molar-refractivity contribution is 5.76. The summed E-state index contributed by atoms with van der Waals surface area (Å²) < 4.78 is 0. The van der Waals surface area contributed by atoms with Crippen LogP contribution in [0.2, 0.25) is 0 Å². The van der Waals surface area contributed by atoms with Crippen LogP contribution >= 0.6 is 0 Å². The lowest BCUT2D eigenvalue weighted by Gasteiger charge is -2.24. The van der Waals surface area contributed by atoms with E-state index < -0.39 is 0 Å². The Bertz CT molecular complexity index is 253. The number of hydrogen-bond donors (Lipinski definition) is 2. The molecule has 1 amide bonds. The number of rotatable bonds is 4. The van der Waals surface area contributed by atoms with Gasteiger partial charge < -0.3 is 10.6 Å². The van der Waals surface area contributed by atoms with Crippen LogP contribution in [-0.4, -0.2) is 24.5 Å². The molecule has 1 aliphatic carbocycles. The average molecular weight is 252 g/mol. The lowest BCUT2D eigenvalue weighted by Crippen LogP contribution is -2.40. The predicted molar refractivity (Wildman–Crippen MR) is 74.4 cm³/mol. The van der Waals surface area contributed by atoms with Crippen LogP contribution in [0.3, 0.4) is 0 Å². The highest BCUT2D eigenvalue weighted by atomic mass is 16.1. The molecular weight excluding hydrogens is 224 g/mol. The summed E-state index contributed by atoms with van der Waals surface area (Å²) in [5.74, 6) is 0.944. The Morgan fingerprint density at radius 1 is 1.17 bits per heavy atom. The Labute approximate surface area is 111 Å². The lowest BCUT2D eigenvalue weighted by atomic mass is 9.93.